The van der Waals surface area contributed by atoms with Crippen LogP contribution in [0.5, 0.6) is 5.75 Å². The van der Waals surface area contributed by atoms with Crippen molar-refractivity contribution >= 4 is 5.91 Å². The number of aliphatic hydroxyl groups excluding tert-OH is 1. The molecule has 4 nitrogen and oxygen atoms in total. The Kier molecular flexibility index (Phi) is 4.10. The molecule has 1 aromatic carbocycles. The minimum Gasteiger partial charge on any atom is -0.483 e. The van der Waals surface area contributed by atoms with Crippen LogP contribution < -0.4 is 4.74 Å². The van der Waals surface area contributed by atoms with Gasteiger partial charge in [-0.25, -0.2) is 0 Å². The Morgan fingerprint density at radius 2 is 2.00 bits per heavy atom. The molecule has 19 heavy (non-hydrogen) atoms. The van der Waals surface area contributed by atoms with E-state index < -0.39 is 0 Å². The molecule has 0 spiro atoms. The van der Waals surface area contributed by atoms with Crippen LogP contribution in [0.2, 0.25) is 0 Å². The van der Waals surface area contributed by atoms with Crippen molar-refractivity contribution in [1.29, 1.82) is 0 Å². The van der Waals surface area contributed by atoms with Crippen LogP contribution in [0, 0.1) is 20.8 Å². The van der Waals surface area contributed by atoms with E-state index in [-0.39, 0.29) is 18.6 Å². The molecule has 1 aromatic rings. The summed E-state index contributed by atoms with van der Waals surface area (Å²) in [7, 11) is 0. The molecule has 104 valence electrons. The van der Waals surface area contributed by atoms with E-state index in [9.17, 15) is 9.90 Å². The second-order valence-corrected chi connectivity index (χ2v) is 5.30. The van der Waals surface area contributed by atoms with Crippen molar-refractivity contribution in [2.75, 3.05) is 19.7 Å². The highest BCUT2D eigenvalue weighted by Gasteiger charge is 2.24. The smallest absolute Gasteiger partial charge is 0.260 e. The Balaban J connectivity index is 1.97. The lowest BCUT2D eigenvalue weighted by Gasteiger charge is -2.17. The van der Waals surface area contributed by atoms with Crippen molar-refractivity contribution in [1.82, 2.24) is 4.90 Å². The van der Waals surface area contributed by atoms with Gasteiger partial charge in [-0.3, -0.25) is 4.79 Å². The number of nitrogens with zero attached hydrogens (tertiary/aromatic N) is 1. The number of carbonyl (C=O) groups excluding carboxylic acids is 1. The van der Waals surface area contributed by atoms with Crippen LogP contribution in [0.1, 0.15) is 23.1 Å². The van der Waals surface area contributed by atoms with E-state index in [4.69, 9.17) is 4.74 Å². The summed E-state index contributed by atoms with van der Waals surface area (Å²) in [6, 6.07) is 4.10. The number of rotatable bonds is 3. The highest BCUT2D eigenvalue weighted by atomic mass is 16.5. The molecule has 0 radical (unpaired) electrons. The molecule has 1 aliphatic rings. The van der Waals surface area contributed by atoms with E-state index in [1.165, 1.54) is 5.56 Å². The zero-order chi connectivity index (χ0) is 14.0. The molecule has 0 saturated carbocycles. The van der Waals surface area contributed by atoms with Gasteiger partial charge in [-0.05, 0) is 38.3 Å². The van der Waals surface area contributed by atoms with Gasteiger partial charge in [-0.15, -0.1) is 0 Å². The van der Waals surface area contributed by atoms with Crippen LogP contribution in [0.4, 0.5) is 0 Å². The predicted octanol–water partition coefficient (Wildman–Crippen LogP) is 1.58. The summed E-state index contributed by atoms with van der Waals surface area (Å²) in [6.45, 7) is 7.10. The lowest BCUT2D eigenvalue weighted by molar-refractivity contribution is -0.132. The van der Waals surface area contributed by atoms with E-state index >= 15 is 0 Å². The molecule has 1 N–H and O–H groups in total. The number of carbonyl (C=O) groups is 1. The molecule has 1 amide bonds. The van der Waals surface area contributed by atoms with Gasteiger partial charge in [0, 0.05) is 13.1 Å². The van der Waals surface area contributed by atoms with Crippen LogP contribution in [-0.2, 0) is 4.79 Å². The second kappa shape index (κ2) is 5.61. The molecule has 0 unspecified atom stereocenters. The molecule has 0 aliphatic carbocycles. The number of amides is 1. The molecule has 0 bridgehead atoms. The van der Waals surface area contributed by atoms with Crippen LogP contribution in [0.25, 0.3) is 0 Å². The first kappa shape index (κ1) is 13.9. The van der Waals surface area contributed by atoms with Gasteiger partial charge in [0.05, 0.1) is 6.10 Å². The number of aliphatic hydroxyl groups is 1. The van der Waals surface area contributed by atoms with Crippen molar-refractivity contribution in [3.8, 4) is 5.75 Å². The average molecular weight is 263 g/mol. The monoisotopic (exact) mass is 263 g/mol. The van der Waals surface area contributed by atoms with E-state index in [1.807, 2.05) is 32.9 Å². The first-order chi connectivity index (χ1) is 8.97. The van der Waals surface area contributed by atoms with Gasteiger partial charge in [0.1, 0.15) is 5.75 Å². The fourth-order valence-corrected chi connectivity index (χ4v) is 2.59. The Morgan fingerprint density at radius 3 is 2.53 bits per heavy atom. The molecule has 1 aliphatic heterocycles. The third-order valence-electron chi connectivity index (χ3n) is 3.46. The van der Waals surface area contributed by atoms with Gasteiger partial charge >= 0.3 is 0 Å². The highest BCUT2D eigenvalue weighted by molar-refractivity contribution is 5.78. The summed E-state index contributed by atoms with van der Waals surface area (Å²) in [5.74, 6) is 0.731. The highest BCUT2D eigenvalue weighted by Crippen LogP contribution is 2.24. The molecule has 1 fully saturated rings. The van der Waals surface area contributed by atoms with Gasteiger partial charge in [-0.2, -0.15) is 0 Å². The number of hydrogen-bond acceptors (Lipinski definition) is 3. The van der Waals surface area contributed by atoms with Gasteiger partial charge in [-0.1, -0.05) is 17.7 Å². The maximum absolute atomic E-state index is 11.9. The van der Waals surface area contributed by atoms with Crippen molar-refractivity contribution in [3.63, 3.8) is 0 Å². The lowest BCUT2D eigenvalue weighted by Crippen LogP contribution is -2.33. The molecule has 0 aromatic heterocycles. The maximum Gasteiger partial charge on any atom is 0.260 e. The van der Waals surface area contributed by atoms with E-state index in [0.717, 1.165) is 16.9 Å². The third-order valence-corrected chi connectivity index (χ3v) is 3.46. The van der Waals surface area contributed by atoms with E-state index in [1.54, 1.807) is 4.90 Å². The Bertz CT molecular complexity index is 461. The fourth-order valence-electron chi connectivity index (χ4n) is 2.59. The lowest BCUT2D eigenvalue weighted by atomic mass is 10.1. The summed E-state index contributed by atoms with van der Waals surface area (Å²) in [4.78, 5) is 13.6. The first-order valence-corrected chi connectivity index (χ1v) is 6.64. The predicted molar refractivity (Wildman–Crippen MR) is 73.4 cm³/mol. The molecular weight excluding hydrogens is 242 g/mol. The quantitative estimate of drug-likeness (QED) is 0.901. The normalized spacial score (nSPS) is 18.7. The minimum atomic E-state index is -0.383. The minimum absolute atomic E-state index is 0.0391. The molecule has 1 saturated heterocycles. The van der Waals surface area contributed by atoms with Crippen LogP contribution in [0.3, 0.4) is 0 Å². The SMILES string of the molecule is Cc1cc(C)c(OCC(=O)N2CC[C@H](O)C2)c(C)c1. The number of likely N-dealkylation sites (tertiary alicyclic amines) is 1. The largest absolute Gasteiger partial charge is 0.483 e. The third kappa shape index (κ3) is 3.26. The van der Waals surface area contributed by atoms with Crippen molar-refractivity contribution in [3.05, 3.63) is 28.8 Å². The van der Waals surface area contributed by atoms with Crippen LogP contribution in [-0.4, -0.2) is 41.7 Å². The Labute approximate surface area is 114 Å². The number of aryl methyl sites for hydroxylation is 3. The van der Waals surface area contributed by atoms with Crippen molar-refractivity contribution in [2.45, 2.75) is 33.3 Å². The van der Waals surface area contributed by atoms with Crippen LogP contribution in [0.15, 0.2) is 12.1 Å². The van der Waals surface area contributed by atoms with E-state index in [0.29, 0.717) is 19.5 Å². The number of ether oxygens (including phenoxy) is 1. The van der Waals surface area contributed by atoms with Crippen molar-refractivity contribution in [2.24, 2.45) is 0 Å². The topological polar surface area (TPSA) is 49.8 Å². The molecular formula is C15H21NO3. The van der Waals surface area contributed by atoms with Gasteiger partial charge in [0.25, 0.3) is 5.91 Å². The van der Waals surface area contributed by atoms with Gasteiger partial charge in [0.15, 0.2) is 6.61 Å². The first-order valence-electron chi connectivity index (χ1n) is 6.64. The summed E-state index contributed by atoms with van der Waals surface area (Å²) in [6.07, 6.45) is 0.278. The molecule has 1 heterocycles. The molecule has 4 heteroatoms. The zero-order valence-electron chi connectivity index (χ0n) is 11.8. The van der Waals surface area contributed by atoms with E-state index in [2.05, 4.69) is 0 Å². The number of hydrogen-bond donors (Lipinski definition) is 1. The van der Waals surface area contributed by atoms with Gasteiger partial charge < -0.3 is 14.7 Å². The van der Waals surface area contributed by atoms with Gasteiger partial charge in [0.2, 0.25) is 0 Å². The average Bonchev–Trinajstić information content (AvgIpc) is 2.74. The molecule has 1 atom stereocenters. The Morgan fingerprint density at radius 1 is 1.37 bits per heavy atom. The Hall–Kier alpha value is -1.55. The maximum atomic E-state index is 11.9. The second-order valence-electron chi connectivity index (χ2n) is 5.30. The summed E-state index contributed by atoms with van der Waals surface area (Å²) in [5.41, 5.74) is 3.29. The number of β-amino-alcohol motifs (C(OH)–C–C–N with tert-alkyl or cyclic N) is 1. The summed E-state index contributed by atoms with van der Waals surface area (Å²) >= 11 is 0. The van der Waals surface area contributed by atoms with Crippen LogP contribution >= 0.6 is 0 Å². The van der Waals surface area contributed by atoms with Crippen molar-refractivity contribution < 1.29 is 14.6 Å². The summed E-state index contributed by atoms with van der Waals surface area (Å²) in [5, 5.41) is 9.42. The molecule has 2 rings (SSSR count). The zero-order valence-corrected chi connectivity index (χ0v) is 11.8. The fraction of sp³-hybridized carbons (Fsp3) is 0.533. The number of benzene rings is 1. The summed E-state index contributed by atoms with van der Waals surface area (Å²) < 4.78 is 5.66. The standard InChI is InChI=1S/C15H21NO3/c1-10-6-11(2)15(12(3)7-10)19-9-14(18)16-5-4-13(17)8-16/h6-7,13,17H,4-5,8-9H2,1-3H3/t13-/m0/s1.